The van der Waals surface area contributed by atoms with Crippen molar-refractivity contribution in [2.24, 2.45) is 10.2 Å². The molecule has 0 aliphatic carbocycles. The fraction of sp³-hybridized carbons (Fsp3) is 0.0435. The number of ether oxygens (including phenoxy) is 1. The van der Waals surface area contributed by atoms with Crippen LogP contribution in [-0.4, -0.2) is 21.4 Å². The van der Waals surface area contributed by atoms with E-state index in [9.17, 15) is 9.90 Å². The Balaban J connectivity index is 1.97. The van der Waals surface area contributed by atoms with Gasteiger partial charge in [0.25, 0.3) is 5.56 Å². The molecule has 4 aromatic rings. The van der Waals surface area contributed by atoms with Crippen LogP contribution in [0.4, 0.5) is 11.4 Å². The molecular weight excluding hydrogens is 492 g/mol. The van der Waals surface area contributed by atoms with Crippen LogP contribution in [0.2, 0.25) is 0 Å². The Morgan fingerprint density at radius 3 is 2.12 bits per heavy atom. The third-order valence-corrected chi connectivity index (χ3v) is 5.54. The van der Waals surface area contributed by atoms with E-state index < -0.39 is 11.4 Å². The van der Waals surface area contributed by atoms with E-state index in [2.05, 4.69) is 26.2 Å². The van der Waals surface area contributed by atoms with E-state index in [1.807, 2.05) is 6.07 Å². The Hall–Kier alpha value is -3.56. The summed E-state index contributed by atoms with van der Waals surface area (Å²) in [6, 6.07) is 22.9. The van der Waals surface area contributed by atoms with Crippen LogP contribution < -0.4 is 10.3 Å². The van der Waals surface area contributed by atoms with E-state index in [1.54, 1.807) is 79.9 Å². The largest absolute Gasteiger partial charge is 0.497 e. The Morgan fingerprint density at radius 2 is 1.50 bits per heavy atom. The molecule has 0 spiro atoms. The van der Waals surface area contributed by atoms with Gasteiger partial charge >= 0.3 is 0 Å². The van der Waals surface area contributed by atoms with E-state index in [0.717, 1.165) is 4.47 Å². The summed E-state index contributed by atoms with van der Waals surface area (Å²) in [5.41, 5.74) is 0.796. The van der Waals surface area contributed by atoms with Gasteiger partial charge in [0.15, 0.2) is 4.77 Å². The predicted molar refractivity (Wildman–Crippen MR) is 129 cm³/mol. The highest BCUT2D eigenvalue weighted by atomic mass is 79.9. The quantitative estimate of drug-likeness (QED) is 0.255. The fourth-order valence-electron chi connectivity index (χ4n) is 3.06. The van der Waals surface area contributed by atoms with Gasteiger partial charge in [-0.15, -0.1) is 5.11 Å². The van der Waals surface area contributed by atoms with Crippen LogP contribution in [0.25, 0.3) is 11.4 Å². The molecule has 0 aliphatic heterocycles. The van der Waals surface area contributed by atoms with Crippen LogP contribution in [0.15, 0.2) is 98.4 Å². The zero-order valence-corrected chi connectivity index (χ0v) is 19.2. The number of methoxy groups -OCH3 is 1. The molecule has 32 heavy (non-hydrogen) atoms. The van der Waals surface area contributed by atoms with Crippen LogP contribution in [-0.2, 0) is 0 Å². The number of hydrogen-bond donors (Lipinski definition) is 1. The average Bonchev–Trinajstić information content (AvgIpc) is 2.81. The number of aromatic hydroxyl groups is 1. The molecule has 9 heteroatoms. The molecule has 0 amide bonds. The van der Waals surface area contributed by atoms with Gasteiger partial charge in [0.1, 0.15) is 5.75 Å². The van der Waals surface area contributed by atoms with Crippen LogP contribution in [0.5, 0.6) is 11.6 Å². The Kier molecular flexibility index (Phi) is 6.29. The molecule has 0 saturated carbocycles. The van der Waals surface area contributed by atoms with Crippen LogP contribution in [0.1, 0.15) is 0 Å². The van der Waals surface area contributed by atoms with Gasteiger partial charge < -0.3 is 9.84 Å². The molecule has 4 rings (SSSR count). The summed E-state index contributed by atoms with van der Waals surface area (Å²) < 4.78 is 8.87. The molecule has 0 aliphatic rings. The number of hydrogen-bond acceptors (Lipinski definition) is 6. The van der Waals surface area contributed by atoms with Gasteiger partial charge in [-0.3, -0.25) is 13.9 Å². The molecule has 7 nitrogen and oxygen atoms in total. The lowest BCUT2D eigenvalue weighted by Gasteiger charge is -2.16. The first-order valence-electron chi connectivity index (χ1n) is 9.48. The summed E-state index contributed by atoms with van der Waals surface area (Å²) in [5, 5.41) is 19.2. The van der Waals surface area contributed by atoms with Crippen molar-refractivity contribution in [1.82, 2.24) is 9.13 Å². The maximum atomic E-state index is 13.3. The zero-order chi connectivity index (χ0) is 22.7. The highest BCUT2D eigenvalue weighted by Gasteiger charge is 2.19. The van der Waals surface area contributed by atoms with Crippen molar-refractivity contribution >= 4 is 39.5 Å². The van der Waals surface area contributed by atoms with Crippen molar-refractivity contribution in [3.63, 3.8) is 0 Å². The molecule has 0 atom stereocenters. The first-order chi connectivity index (χ1) is 15.5. The minimum Gasteiger partial charge on any atom is -0.497 e. The molecule has 1 aromatic heterocycles. The zero-order valence-electron chi connectivity index (χ0n) is 16.8. The van der Waals surface area contributed by atoms with E-state index in [0.29, 0.717) is 22.8 Å². The molecular formula is C23H17BrN4O3S. The van der Waals surface area contributed by atoms with Crippen molar-refractivity contribution in [3.05, 3.63) is 98.5 Å². The van der Waals surface area contributed by atoms with E-state index in [1.165, 1.54) is 9.13 Å². The van der Waals surface area contributed by atoms with Gasteiger partial charge in [-0.1, -0.05) is 34.1 Å². The summed E-state index contributed by atoms with van der Waals surface area (Å²) >= 11 is 8.97. The minimum absolute atomic E-state index is 0.0893. The van der Waals surface area contributed by atoms with E-state index >= 15 is 0 Å². The summed E-state index contributed by atoms with van der Waals surface area (Å²) in [6.07, 6.45) is 0. The number of halogens is 1. The number of nitrogens with zero attached hydrogens (tertiary/aromatic N) is 4. The molecule has 1 heterocycles. The monoisotopic (exact) mass is 508 g/mol. The van der Waals surface area contributed by atoms with Gasteiger partial charge in [0, 0.05) is 4.47 Å². The molecule has 160 valence electrons. The topological polar surface area (TPSA) is 81.1 Å². The Morgan fingerprint density at radius 1 is 0.875 bits per heavy atom. The number of rotatable bonds is 5. The van der Waals surface area contributed by atoms with Crippen molar-refractivity contribution in [2.45, 2.75) is 0 Å². The second-order valence-corrected chi connectivity index (χ2v) is 7.92. The lowest BCUT2D eigenvalue weighted by atomic mass is 10.3. The highest BCUT2D eigenvalue weighted by molar-refractivity contribution is 9.10. The summed E-state index contributed by atoms with van der Waals surface area (Å²) in [5.74, 6) is 0.240. The van der Waals surface area contributed by atoms with Crippen molar-refractivity contribution in [2.75, 3.05) is 7.11 Å². The SMILES string of the molecule is COc1ccc(-n2c(O)c(N=Nc3ccc(Br)cc3)c(=O)n(-c3ccccc3)c2=S)cc1. The maximum Gasteiger partial charge on any atom is 0.290 e. The first-order valence-corrected chi connectivity index (χ1v) is 10.7. The Bertz CT molecular complexity index is 1400. The minimum atomic E-state index is -0.579. The van der Waals surface area contributed by atoms with Crippen molar-refractivity contribution < 1.29 is 9.84 Å². The van der Waals surface area contributed by atoms with Gasteiger partial charge in [-0.25, -0.2) is 0 Å². The van der Waals surface area contributed by atoms with Crippen LogP contribution >= 0.6 is 28.1 Å². The summed E-state index contributed by atoms with van der Waals surface area (Å²) in [6.45, 7) is 0. The molecule has 0 unspecified atom stereocenters. The fourth-order valence-corrected chi connectivity index (χ4v) is 3.70. The predicted octanol–water partition coefficient (Wildman–Crippen LogP) is 6.25. The third-order valence-electron chi connectivity index (χ3n) is 4.65. The lowest BCUT2D eigenvalue weighted by Crippen LogP contribution is -2.23. The lowest BCUT2D eigenvalue weighted by molar-refractivity contribution is 0.414. The molecule has 0 fully saturated rings. The number of para-hydroxylation sites is 1. The van der Waals surface area contributed by atoms with Gasteiger partial charge in [-0.05, 0) is 72.9 Å². The Labute approximate surface area is 197 Å². The van der Waals surface area contributed by atoms with Crippen LogP contribution in [0.3, 0.4) is 0 Å². The van der Waals surface area contributed by atoms with Crippen molar-refractivity contribution in [1.29, 1.82) is 0 Å². The number of benzene rings is 3. The van der Waals surface area contributed by atoms with E-state index in [4.69, 9.17) is 17.0 Å². The molecule has 0 saturated heterocycles. The average molecular weight is 509 g/mol. The normalized spacial score (nSPS) is 11.1. The smallest absolute Gasteiger partial charge is 0.290 e. The molecule has 1 N–H and O–H groups in total. The second kappa shape index (κ2) is 9.29. The highest BCUT2D eigenvalue weighted by Crippen LogP contribution is 2.30. The standard InChI is InChI=1S/C23H17BrN4O3S/c1-31-19-13-11-18(12-14-19)28-22(30)20(26-25-16-9-7-15(24)8-10-16)21(29)27(23(28)32)17-5-3-2-4-6-17/h2-14,30H,1H3. The number of azo groups is 1. The van der Waals surface area contributed by atoms with Gasteiger partial charge in [-0.2, -0.15) is 5.11 Å². The van der Waals surface area contributed by atoms with Crippen LogP contribution in [0, 0.1) is 4.77 Å². The molecule has 0 radical (unpaired) electrons. The van der Waals surface area contributed by atoms with Gasteiger partial charge in [0.05, 0.1) is 24.2 Å². The molecule has 3 aromatic carbocycles. The summed E-state index contributed by atoms with van der Waals surface area (Å²) in [4.78, 5) is 13.3. The summed E-state index contributed by atoms with van der Waals surface area (Å²) in [7, 11) is 1.56. The third kappa shape index (κ3) is 4.25. The molecule has 0 bridgehead atoms. The van der Waals surface area contributed by atoms with Gasteiger partial charge in [0.2, 0.25) is 11.6 Å². The number of aromatic nitrogens is 2. The van der Waals surface area contributed by atoms with Crippen molar-refractivity contribution in [3.8, 4) is 23.0 Å². The first kappa shape index (κ1) is 21.7. The second-order valence-electron chi connectivity index (χ2n) is 6.64. The maximum absolute atomic E-state index is 13.3. The van der Waals surface area contributed by atoms with E-state index in [-0.39, 0.29) is 10.5 Å².